The van der Waals surface area contributed by atoms with Gasteiger partial charge in [-0.3, -0.25) is 9.69 Å². The molecule has 5 heteroatoms. The number of furan rings is 1. The van der Waals surface area contributed by atoms with E-state index in [1.54, 1.807) is 6.07 Å². The first-order chi connectivity index (χ1) is 13.8. The average Bonchev–Trinajstić information content (AvgIpc) is 3.40. The lowest BCUT2D eigenvalue weighted by Crippen LogP contribution is -2.51. The highest BCUT2D eigenvalue weighted by molar-refractivity contribution is 5.91. The van der Waals surface area contributed by atoms with Crippen molar-refractivity contribution in [3.8, 4) is 5.75 Å². The van der Waals surface area contributed by atoms with Crippen molar-refractivity contribution in [1.82, 2.24) is 9.80 Å². The summed E-state index contributed by atoms with van der Waals surface area (Å²) in [6.07, 6.45) is 2.43. The van der Waals surface area contributed by atoms with Gasteiger partial charge in [-0.15, -0.1) is 0 Å². The Balaban J connectivity index is 1.25. The fraction of sp³-hybridized carbons (Fsp3) is 0.348. The van der Waals surface area contributed by atoms with Crippen LogP contribution in [-0.4, -0.2) is 47.9 Å². The zero-order valence-electron chi connectivity index (χ0n) is 15.8. The molecule has 28 heavy (non-hydrogen) atoms. The summed E-state index contributed by atoms with van der Waals surface area (Å²) in [7, 11) is 0. The summed E-state index contributed by atoms with van der Waals surface area (Å²) < 4.78 is 11.8. The van der Waals surface area contributed by atoms with Gasteiger partial charge in [0, 0.05) is 31.1 Å². The summed E-state index contributed by atoms with van der Waals surface area (Å²) in [4.78, 5) is 17.3. The maximum Gasteiger partial charge on any atom is 0.289 e. The van der Waals surface area contributed by atoms with Crippen LogP contribution in [0.5, 0.6) is 5.75 Å². The van der Waals surface area contributed by atoms with Crippen LogP contribution in [0.2, 0.25) is 0 Å². The molecule has 0 saturated carbocycles. The first kappa shape index (κ1) is 17.3. The molecular weight excluding hydrogens is 352 g/mol. The maximum absolute atomic E-state index is 12.8. The van der Waals surface area contributed by atoms with Gasteiger partial charge in [0.05, 0.1) is 0 Å². The number of hydrogen-bond donors (Lipinski definition) is 0. The Morgan fingerprint density at radius 2 is 1.93 bits per heavy atom. The monoisotopic (exact) mass is 376 g/mol. The molecule has 2 aromatic carbocycles. The molecule has 1 amide bonds. The summed E-state index contributed by atoms with van der Waals surface area (Å²) in [6.45, 7) is 4.02. The Kier molecular flexibility index (Phi) is 4.53. The summed E-state index contributed by atoms with van der Waals surface area (Å²) >= 11 is 0. The van der Waals surface area contributed by atoms with Crippen molar-refractivity contribution in [3.63, 3.8) is 0 Å². The van der Waals surface area contributed by atoms with Crippen molar-refractivity contribution >= 4 is 16.7 Å². The normalized spacial score (nSPS) is 19.7. The molecule has 3 heterocycles. The molecule has 2 aliphatic heterocycles. The Morgan fingerprint density at radius 1 is 1.04 bits per heavy atom. The fourth-order valence-electron chi connectivity index (χ4n) is 4.37. The number of ether oxygens (including phenoxy) is 1. The van der Waals surface area contributed by atoms with Gasteiger partial charge in [-0.05, 0) is 43.0 Å². The van der Waals surface area contributed by atoms with Gasteiger partial charge >= 0.3 is 0 Å². The van der Waals surface area contributed by atoms with Crippen LogP contribution in [0, 0.1) is 0 Å². The van der Waals surface area contributed by atoms with E-state index in [0.717, 1.165) is 36.2 Å². The first-order valence-corrected chi connectivity index (χ1v) is 10.0. The molecule has 1 unspecified atom stereocenters. The lowest BCUT2D eigenvalue weighted by Gasteiger charge is -2.37. The molecule has 5 nitrogen and oxygen atoms in total. The molecule has 2 saturated heterocycles. The number of carbonyl (C=O) groups is 1. The number of piperazine rings is 1. The number of benzene rings is 2. The third kappa shape index (κ3) is 3.27. The smallest absolute Gasteiger partial charge is 0.289 e. The third-order valence-electron chi connectivity index (χ3n) is 5.87. The number of rotatable bonds is 4. The van der Waals surface area contributed by atoms with Gasteiger partial charge in [-0.1, -0.05) is 36.4 Å². The van der Waals surface area contributed by atoms with Gasteiger partial charge in [0.2, 0.25) is 0 Å². The quantitative estimate of drug-likeness (QED) is 0.692. The second kappa shape index (κ2) is 7.32. The SMILES string of the molecule is O=C(c1ccc(COc2cccc3ccccc23)o1)N1CCN2CCCC2C1. The van der Waals surface area contributed by atoms with E-state index in [0.29, 0.717) is 24.2 Å². The largest absolute Gasteiger partial charge is 0.485 e. The predicted molar refractivity (Wildman–Crippen MR) is 107 cm³/mol. The van der Waals surface area contributed by atoms with Crippen LogP contribution in [-0.2, 0) is 6.61 Å². The zero-order chi connectivity index (χ0) is 18.9. The predicted octanol–water partition coefficient (Wildman–Crippen LogP) is 3.93. The molecule has 144 valence electrons. The van der Waals surface area contributed by atoms with Crippen LogP contribution >= 0.6 is 0 Å². The summed E-state index contributed by atoms with van der Waals surface area (Å²) in [5.74, 6) is 1.88. The van der Waals surface area contributed by atoms with Crippen LogP contribution in [0.25, 0.3) is 10.8 Å². The lowest BCUT2D eigenvalue weighted by molar-refractivity contribution is 0.0538. The van der Waals surface area contributed by atoms with Gasteiger partial charge in [0.1, 0.15) is 18.1 Å². The van der Waals surface area contributed by atoms with Crippen molar-refractivity contribution in [3.05, 3.63) is 66.1 Å². The minimum Gasteiger partial charge on any atom is -0.485 e. The lowest BCUT2D eigenvalue weighted by atomic mass is 10.1. The van der Waals surface area contributed by atoms with Crippen LogP contribution in [0.15, 0.2) is 59.0 Å². The van der Waals surface area contributed by atoms with Crippen LogP contribution < -0.4 is 4.74 Å². The Hall–Kier alpha value is -2.79. The van der Waals surface area contributed by atoms with E-state index in [1.165, 1.54) is 19.4 Å². The molecule has 1 atom stereocenters. The number of carbonyl (C=O) groups excluding carboxylic acids is 1. The van der Waals surface area contributed by atoms with E-state index in [-0.39, 0.29) is 5.91 Å². The highest BCUT2D eigenvalue weighted by Gasteiger charge is 2.33. The minimum absolute atomic E-state index is 0.0111. The van der Waals surface area contributed by atoms with Crippen molar-refractivity contribution in [1.29, 1.82) is 0 Å². The topological polar surface area (TPSA) is 45.9 Å². The highest BCUT2D eigenvalue weighted by atomic mass is 16.5. The van der Waals surface area contributed by atoms with Crippen LogP contribution in [0.1, 0.15) is 29.2 Å². The van der Waals surface area contributed by atoms with Gasteiger partial charge in [0.15, 0.2) is 5.76 Å². The molecule has 2 fully saturated rings. The molecular formula is C23H24N2O3. The Labute approximate surface area is 164 Å². The van der Waals surface area contributed by atoms with E-state index in [9.17, 15) is 4.79 Å². The molecule has 0 aliphatic carbocycles. The van der Waals surface area contributed by atoms with E-state index >= 15 is 0 Å². The van der Waals surface area contributed by atoms with E-state index in [4.69, 9.17) is 9.15 Å². The number of hydrogen-bond acceptors (Lipinski definition) is 4. The van der Waals surface area contributed by atoms with Crippen LogP contribution in [0.3, 0.4) is 0 Å². The number of fused-ring (bicyclic) bond motifs is 2. The molecule has 0 radical (unpaired) electrons. The van der Waals surface area contributed by atoms with Gasteiger partial charge in [-0.2, -0.15) is 0 Å². The second-order valence-corrected chi connectivity index (χ2v) is 7.62. The standard InChI is InChI=1S/C23H24N2O3/c26-23(25-14-13-24-12-4-7-18(24)15-25)22-11-10-19(28-22)16-27-21-9-3-6-17-5-1-2-8-20(17)21/h1-3,5-6,8-11,18H,4,7,12-16H2. The minimum atomic E-state index is -0.0111. The highest BCUT2D eigenvalue weighted by Crippen LogP contribution is 2.27. The molecule has 5 rings (SSSR count). The van der Waals surface area contributed by atoms with Gasteiger partial charge in [0.25, 0.3) is 5.91 Å². The Bertz CT molecular complexity index is 991. The third-order valence-corrected chi connectivity index (χ3v) is 5.87. The second-order valence-electron chi connectivity index (χ2n) is 7.62. The van der Waals surface area contributed by atoms with Crippen molar-refractivity contribution in [2.45, 2.75) is 25.5 Å². The molecule has 0 bridgehead atoms. The van der Waals surface area contributed by atoms with E-state index in [1.807, 2.05) is 41.3 Å². The fourth-order valence-corrected chi connectivity index (χ4v) is 4.37. The van der Waals surface area contributed by atoms with Gasteiger partial charge in [-0.25, -0.2) is 0 Å². The first-order valence-electron chi connectivity index (χ1n) is 10.0. The van der Waals surface area contributed by atoms with Crippen molar-refractivity contribution < 1.29 is 13.9 Å². The number of amides is 1. The molecule has 0 N–H and O–H groups in total. The van der Waals surface area contributed by atoms with Crippen molar-refractivity contribution in [2.75, 3.05) is 26.2 Å². The van der Waals surface area contributed by atoms with Crippen LogP contribution in [0.4, 0.5) is 0 Å². The summed E-state index contributed by atoms with van der Waals surface area (Å²) in [5, 5.41) is 2.21. The molecule has 0 spiro atoms. The summed E-state index contributed by atoms with van der Waals surface area (Å²) in [5.41, 5.74) is 0. The molecule has 2 aliphatic rings. The van der Waals surface area contributed by atoms with Crippen molar-refractivity contribution in [2.24, 2.45) is 0 Å². The van der Waals surface area contributed by atoms with Gasteiger partial charge < -0.3 is 14.1 Å². The molecule has 1 aromatic heterocycles. The number of nitrogens with zero attached hydrogens (tertiary/aromatic N) is 2. The Morgan fingerprint density at radius 3 is 2.89 bits per heavy atom. The molecule has 3 aromatic rings. The zero-order valence-corrected chi connectivity index (χ0v) is 15.8. The van der Waals surface area contributed by atoms with E-state index < -0.39 is 0 Å². The summed E-state index contributed by atoms with van der Waals surface area (Å²) in [6, 6.07) is 18.3. The van der Waals surface area contributed by atoms with E-state index in [2.05, 4.69) is 17.0 Å². The maximum atomic E-state index is 12.8. The average molecular weight is 376 g/mol.